The smallest absolute Gasteiger partial charge is 0.355 e. The molecule has 0 saturated carbocycles. The fraction of sp³-hybridized carbons (Fsp3) is 0.143. The Balaban J connectivity index is 2.13. The maximum atomic E-state index is 13.8. The molecule has 0 radical (unpaired) electrons. The van der Waals surface area contributed by atoms with Gasteiger partial charge in [-0.15, -0.1) is 0 Å². The van der Waals surface area contributed by atoms with Crippen molar-refractivity contribution in [1.82, 2.24) is 4.57 Å². The van der Waals surface area contributed by atoms with Crippen molar-refractivity contribution in [2.45, 2.75) is 6.42 Å². The van der Waals surface area contributed by atoms with Crippen LogP contribution in [0.4, 0.5) is 4.39 Å². The van der Waals surface area contributed by atoms with Crippen LogP contribution in [0, 0.1) is 5.82 Å². The molecule has 6 nitrogen and oxygen atoms in total. The Morgan fingerprint density at radius 2 is 1.43 bits per heavy atom. The molecule has 0 saturated heterocycles. The van der Waals surface area contributed by atoms with E-state index in [0.29, 0.717) is 34.7 Å². The van der Waals surface area contributed by atoms with E-state index in [1.807, 2.05) is 30.3 Å². The van der Waals surface area contributed by atoms with Crippen molar-refractivity contribution in [3.63, 3.8) is 0 Å². The number of carbonyl (C=O) groups excluding carboxylic acids is 2. The average Bonchev–Trinajstić information content (AvgIpc) is 3.23. The fourth-order valence-electron chi connectivity index (χ4n) is 4.11. The van der Waals surface area contributed by atoms with Gasteiger partial charge in [-0.1, -0.05) is 42.5 Å². The van der Waals surface area contributed by atoms with Crippen LogP contribution in [0.1, 0.15) is 32.1 Å². The maximum Gasteiger partial charge on any atom is 0.355 e. The maximum absolute atomic E-state index is 13.8. The molecule has 178 valence electrons. The molecule has 0 aliphatic rings. The van der Waals surface area contributed by atoms with E-state index in [9.17, 15) is 14.0 Å². The fourth-order valence-corrected chi connectivity index (χ4v) is 4.11. The number of aromatic nitrogens is 1. The van der Waals surface area contributed by atoms with E-state index >= 15 is 0 Å². The number of methoxy groups -OCH3 is 3. The van der Waals surface area contributed by atoms with Crippen LogP contribution in [0.5, 0.6) is 5.75 Å². The largest absolute Gasteiger partial charge is 0.497 e. The Hall–Kier alpha value is -4.39. The predicted octanol–water partition coefficient (Wildman–Crippen LogP) is 5.46. The number of benzene rings is 3. The van der Waals surface area contributed by atoms with Crippen LogP contribution in [-0.2, 0) is 15.9 Å². The number of ether oxygens (including phenoxy) is 3. The lowest BCUT2D eigenvalue weighted by molar-refractivity contribution is 0.0550. The molecule has 1 heterocycles. The summed E-state index contributed by atoms with van der Waals surface area (Å²) in [6.07, 6.45) is 0.376. The number of nitrogens with zero attached hydrogens (tertiary/aromatic N) is 1. The summed E-state index contributed by atoms with van der Waals surface area (Å²) < 4.78 is 31.0. The van der Waals surface area contributed by atoms with Crippen molar-refractivity contribution in [2.24, 2.45) is 0 Å². The van der Waals surface area contributed by atoms with E-state index in [2.05, 4.69) is 0 Å². The lowest BCUT2D eigenvalue weighted by Gasteiger charge is -2.15. The second-order valence-electron chi connectivity index (χ2n) is 7.73. The van der Waals surface area contributed by atoms with Gasteiger partial charge >= 0.3 is 11.9 Å². The third-order valence-corrected chi connectivity index (χ3v) is 5.72. The van der Waals surface area contributed by atoms with Crippen LogP contribution in [-0.4, -0.2) is 37.8 Å². The molecular formula is C28H24FNO5. The Morgan fingerprint density at radius 3 is 2.00 bits per heavy atom. The van der Waals surface area contributed by atoms with Crippen molar-refractivity contribution in [3.8, 4) is 22.6 Å². The number of hydrogen-bond acceptors (Lipinski definition) is 5. The molecule has 0 aliphatic carbocycles. The van der Waals surface area contributed by atoms with Crippen LogP contribution in [0.25, 0.3) is 16.8 Å². The van der Waals surface area contributed by atoms with Crippen LogP contribution < -0.4 is 4.74 Å². The summed E-state index contributed by atoms with van der Waals surface area (Å²) in [5, 5.41) is 0. The van der Waals surface area contributed by atoms with Gasteiger partial charge in [0.25, 0.3) is 0 Å². The first-order valence-corrected chi connectivity index (χ1v) is 10.9. The van der Waals surface area contributed by atoms with E-state index < -0.39 is 17.8 Å². The Labute approximate surface area is 202 Å². The monoisotopic (exact) mass is 473 g/mol. The average molecular weight is 474 g/mol. The molecule has 4 aromatic rings. The lowest BCUT2D eigenvalue weighted by atomic mass is 9.97. The van der Waals surface area contributed by atoms with Gasteiger partial charge in [0, 0.05) is 23.4 Å². The number of carbonyl (C=O) groups is 2. The number of halogens is 1. The van der Waals surface area contributed by atoms with Crippen molar-refractivity contribution in [1.29, 1.82) is 0 Å². The van der Waals surface area contributed by atoms with E-state index in [4.69, 9.17) is 14.2 Å². The normalized spacial score (nSPS) is 10.6. The van der Waals surface area contributed by atoms with Gasteiger partial charge in [-0.25, -0.2) is 14.0 Å². The van der Waals surface area contributed by atoms with Gasteiger partial charge in [-0.3, -0.25) is 0 Å². The van der Waals surface area contributed by atoms with Gasteiger partial charge < -0.3 is 18.8 Å². The highest BCUT2D eigenvalue weighted by Gasteiger charge is 2.33. The first-order chi connectivity index (χ1) is 17.0. The summed E-state index contributed by atoms with van der Waals surface area (Å²) in [7, 11) is 4.07. The summed E-state index contributed by atoms with van der Waals surface area (Å²) in [5.41, 5.74) is 3.33. The van der Waals surface area contributed by atoms with Crippen LogP contribution in [0.2, 0.25) is 0 Å². The molecule has 35 heavy (non-hydrogen) atoms. The van der Waals surface area contributed by atoms with E-state index in [0.717, 1.165) is 5.56 Å². The molecule has 3 aromatic carbocycles. The topological polar surface area (TPSA) is 66.8 Å². The molecule has 1 aromatic heterocycles. The lowest BCUT2D eigenvalue weighted by Crippen LogP contribution is -2.16. The molecule has 0 bridgehead atoms. The van der Waals surface area contributed by atoms with Gasteiger partial charge in [0.05, 0.1) is 21.3 Å². The second-order valence-corrected chi connectivity index (χ2v) is 7.73. The minimum absolute atomic E-state index is 0.0229. The van der Waals surface area contributed by atoms with Crippen molar-refractivity contribution < 1.29 is 28.2 Å². The van der Waals surface area contributed by atoms with E-state index in [-0.39, 0.29) is 11.3 Å². The first-order valence-electron chi connectivity index (χ1n) is 10.9. The highest BCUT2D eigenvalue weighted by atomic mass is 19.1. The van der Waals surface area contributed by atoms with Crippen LogP contribution >= 0.6 is 0 Å². The molecule has 0 atom stereocenters. The molecule has 0 N–H and O–H groups in total. The zero-order valence-corrected chi connectivity index (χ0v) is 19.6. The predicted molar refractivity (Wildman–Crippen MR) is 130 cm³/mol. The molecule has 0 spiro atoms. The van der Waals surface area contributed by atoms with Gasteiger partial charge in [-0.05, 0) is 47.5 Å². The third-order valence-electron chi connectivity index (χ3n) is 5.72. The molecule has 0 aliphatic heterocycles. The highest BCUT2D eigenvalue weighted by molar-refractivity contribution is 6.09. The molecule has 4 rings (SSSR count). The van der Waals surface area contributed by atoms with Crippen molar-refractivity contribution in [3.05, 3.63) is 107 Å². The number of rotatable bonds is 7. The number of hydrogen-bond donors (Lipinski definition) is 0. The quantitative estimate of drug-likeness (QED) is 0.334. The van der Waals surface area contributed by atoms with E-state index in [1.54, 1.807) is 48.1 Å². The molecule has 0 unspecified atom stereocenters. The minimum atomic E-state index is -0.705. The molecule has 0 fully saturated rings. The van der Waals surface area contributed by atoms with Gasteiger partial charge in [-0.2, -0.15) is 0 Å². The van der Waals surface area contributed by atoms with Gasteiger partial charge in [0.15, 0.2) is 0 Å². The molecule has 0 amide bonds. The standard InChI is InChI=1S/C28H24FNO5/c1-33-22-15-13-21(14-16-22)30-23(17-18-7-5-4-6-8-18)24(19-9-11-20(29)12-10-19)25(27(31)34-2)26(30)28(32)35-3/h4-16H,17H2,1-3H3. The van der Waals surface area contributed by atoms with Gasteiger partial charge in [0.1, 0.15) is 22.8 Å². The zero-order chi connectivity index (χ0) is 24.9. The summed E-state index contributed by atoms with van der Waals surface area (Å²) in [4.78, 5) is 26.3. The minimum Gasteiger partial charge on any atom is -0.497 e. The van der Waals surface area contributed by atoms with Crippen molar-refractivity contribution in [2.75, 3.05) is 21.3 Å². The summed E-state index contributed by atoms with van der Waals surface area (Å²) in [5.74, 6) is -1.19. The highest BCUT2D eigenvalue weighted by Crippen LogP contribution is 2.38. The van der Waals surface area contributed by atoms with Crippen LogP contribution in [0.15, 0.2) is 78.9 Å². The SMILES string of the molecule is COC(=O)c1c(-c2ccc(F)cc2)c(Cc2ccccc2)n(-c2ccc(OC)cc2)c1C(=O)OC. The summed E-state index contributed by atoms with van der Waals surface area (Å²) in [6, 6.07) is 22.5. The summed E-state index contributed by atoms with van der Waals surface area (Å²) in [6.45, 7) is 0. The second kappa shape index (κ2) is 10.3. The van der Waals surface area contributed by atoms with E-state index in [1.165, 1.54) is 26.4 Å². The summed E-state index contributed by atoms with van der Waals surface area (Å²) >= 11 is 0. The number of esters is 2. The Morgan fingerprint density at radius 1 is 0.800 bits per heavy atom. The Kier molecular flexibility index (Phi) is 6.96. The molecular weight excluding hydrogens is 449 g/mol. The first kappa shape index (κ1) is 23.8. The zero-order valence-electron chi connectivity index (χ0n) is 19.6. The molecule has 7 heteroatoms. The van der Waals surface area contributed by atoms with Gasteiger partial charge in [0.2, 0.25) is 0 Å². The van der Waals surface area contributed by atoms with Crippen molar-refractivity contribution >= 4 is 11.9 Å². The Bertz CT molecular complexity index is 1340. The van der Waals surface area contributed by atoms with Crippen LogP contribution in [0.3, 0.4) is 0 Å². The third kappa shape index (κ3) is 4.66.